The van der Waals surface area contributed by atoms with E-state index in [2.05, 4.69) is 24.3 Å². The van der Waals surface area contributed by atoms with Gasteiger partial charge in [-0.05, 0) is 41.5 Å². The second-order valence-corrected chi connectivity index (χ2v) is 4.04. The fraction of sp³-hybridized carbons (Fsp3) is 0.308. The number of rotatable bonds is 0. The van der Waals surface area contributed by atoms with Crippen molar-refractivity contribution in [2.24, 2.45) is 0 Å². The van der Waals surface area contributed by atoms with Crippen molar-refractivity contribution in [2.75, 3.05) is 0 Å². The summed E-state index contributed by atoms with van der Waals surface area (Å²) in [6.45, 7) is 0. The lowest BCUT2D eigenvalue weighted by Crippen LogP contribution is -2.05. The van der Waals surface area contributed by atoms with Gasteiger partial charge in [0.25, 0.3) is 0 Å². The Balaban J connectivity index is 2.21. The predicted octanol–water partition coefficient (Wildman–Crippen LogP) is 2.75. The van der Waals surface area contributed by atoms with E-state index in [-0.39, 0.29) is 0 Å². The van der Waals surface area contributed by atoms with Crippen molar-refractivity contribution in [2.45, 2.75) is 25.7 Å². The predicted molar refractivity (Wildman–Crippen MR) is 55.9 cm³/mol. The van der Waals surface area contributed by atoms with Crippen LogP contribution in [0.5, 0.6) is 0 Å². The van der Waals surface area contributed by atoms with E-state index < -0.39 is 0 Å². The van der Waals surface area contributed by atoms with Crippen molar-refractivity contribution in [3.05, 3.63) is 41.0 Å². The quantitative estimate of drug-likeness (QED) is 0.606. The summed E-state index contributed by atoms with van der Waals surface area (Å²) in [5.74, 6) is 0.384. The van der Waals surface area contributed by atoms with E-state index in [0.29, 0.717) is 5.78 Å². The summed E-state index contributed by atoms with van der Waals surface area (Å²) in [5, 5.41) is 0. The zero-order valence-electron chi connectivity index (χ0n) is 8.05. The Labute approximate surface area is 83.4 Å². The minimum atomic E-state index is 0.384. The molecule has 0 unspecified atom stereocenters. The third kappa shape index (κ3) is 0.985. The highest BCUT2D eigenvalue weighted by Crippen LogP contribution is 2.39. The zero-order valence-corrected chi connectivity index (χ0v) is 8.05. The molecule has 0 atom stereocenters. The Morgan fingerprint density at radius 3 is 2.57 bits per heavy atom. The Kier molecular flexibility index (Phi) is 1.60. The molecule has 0 amide bonds. The summed E-state index contributed by atoms with van der Waals surface area (Å²) in [5.41, 5.74) is 5.20. The van der Waals surface area contributed by atoms with E-state index in [4.69, 9.17) is 0 Å². The fourth-order valence-electron chi connectivity index (χ4n) is 2.59. The van der Waals surface area contributed by atoms with Crippen LogP contribution in [0.2, 0.25) is 0 Å². The standard InChI is InChI=1S/C13H12O/c14-13-8-7-11-10-4-2-1-3-9(10)5-6-12(11)13/h1-4H,5-8H2. The third-order valence-electron chi connectivity index (χ3n) is 3.29. The van der Waals surface area contributed by atoms with E-state index >= 15 is 0 Å². The largest absolute Gasteiger partial charge is 0.295 e. The molecule has 0 bridgehead atoms. The number of benzene rings is 1. The maximum atomic E-state index is 11.6. The van der Waals surface area contributed by atoms with Crippen LogP contribution < -0.4 is 0 Å². The van der Waals surface area contributed by atoms with E-state index in [0.717, 1.165) is 31.3 Å². The van der Waals surface area contributed by atoms with Gasteiger partial charge in [-0.1, -0.05) is 24.3 Å². The number of carbonyl (C=O) groups excluding carboxylic acids is 1. The van der Waals surface area contributed by atoms with Crippen LogP contribution >= 0.6 is 0 Å². The molecule has 2 aliphatic carbocycles. The molecule has 1 nitrogen and oxygen atoms in total. The summed E-state index contributed by atoms with van der Waals surface area (Å²) in [6.07, 6.45) is 3.70. The Hall–Kier alpha value is -1.37. The number of hydrogen-bond acceptors (Lipinski definition) is 1. The first-order valence-electron chi connectivity index (χ1n) is 5.20. The molecule has 0 N–H and O–H groups in total. The number of allylic oxidation sites excluding steroid dienone is 2. The van der Waals surface area contributed by atoms with Crippen molar-refractivity contribution in [1.82, 2.24) is 0 Å². The monoisotopic (exact) mass is 184 g/mol. The van der Waals surface area contributed by atoms with Crippen molar-refractivity contribution in [1.29, 1.82) is 0 Å². The summed E-state index contributed by atoms with van der Waals surface area (Å²) in [7, 11) is 0. The molecule has 0 fully saturated rings. The molecule has 0 spiro atoms. The molecule has 1 aromatic carbocycles. The van der Waals surface area contributed by atoms with Crippen molar-refractivity contribution in [3.63, 3.8) is 0 Å². The van der Waals surface area contributed by atoms with Gasteiger partial charge < -0.3 is 0 Å². The van der Waals surface area contributed by atoms with E-state index in [9.17, 15) is 4.79 Å². The molecule has 0 heterocycles. The molecule has 0 saturated heterocycles. The van der Waals surface area contributed by atoms with Gasteiger partial charge >= 0.3 is 0 Å². The molecule has 3 rings (SSSR count). The second kappa shape index (κ2) is 2.81. The van der Waals surface area contributed by atoms with Crippen LogP contribution in [0.15, 0.2) is 29.8 Å². The summed E-state index contributed by atoms with van der Waals surface area (Å²) >= 11 is 0. The molecule has 1 aromatic rings. The molecule has 0 aliphatic heterocycles. The Morgan fingerprint density at radius 1 is 0.857 bits per heavy atom. The lowest BCUT2D eigenvalue weighted by molar-refractivity contribution is -0.115. The lowest BCUT2D eigenvalue weighted by atomic mass is 9.87. The molecule has 0 saturated carbocycles. The highest BCUT2D eigenvalue weighted by Gasteiger charge is 2.27. The maximum Gasteiger partial charge on any atom is 0.159 e. The van der Waals surface area contributed by atoms with Gasteiger partial charge in [-0.25, -0.2) is 0 Å². The minimum Gasteiger partial charge on any atom is -0.295 e. The van der Waals surface area contributed by atoms with Gasteiger partial charge in [0.2, 0.25) is 0 Å². The van der Waals surface area contributed by atoms with Crippen LogP contribution in [0.4, 0.5) is 0 Å². The van der Waals surface area contributed by atoms with Crippen LogP contribution in [-0.4, -0.2) is 5.78 Å². The third-order valence-corrected chi connectivity index (χ3v) is 3.29. The lowest BCUT2D eigenvalue weighted by Gasteiger charge is -2.17. The van der Waals surface area contributed by atoms with Gasteiger partial charge in [-0.15, -0.1) is 0 Å². The van der Waals surface area contributed by atoms with Crippen molar-refractivity contribution < 1.29 is 4.79 Å². The van der Waals surface area contributed by atoms with Gasteiger partial charge in [0.15, 0.2) is 5.78 Å². The van der Waals surface area contributed by atoms with Crippen molar-refractivity contribution in [3.8, 4) is 0 Å². The molecule has 0 radical (unpaired) electrons. The van der Waals surface area contributed by atoms with Crippen LogP contribution in [0, 0.1) is 0 Å². The van der Waals surface area contributed by atoms with Gasteiger partial charge in [0.05, 0.1) is 0 Å². The molecular weight excluding hydrogens is 172 g/mol. The SMILES string of the molecule is O=C1CCC2=C1CCc1ccccc12. The van der Waals surface area contributed by atoms with E-state index in [1.54, 1.807) is 0 Å². The van der Waals surface area contributed by atoms with Crippen LogP contribution in [0.3, 0.4) is 0 Å². The van der Waals surface area contributed by atoms with Crippen LogP contribution in [-0.2, 0) is 11.2 Å². The molecule has 70 valence electrons. The van der Waals surface area contributed by atoms with Gasteiger partial charge in [0.1, 0.15) is 0 Å². The highest BCUT2D eigenvalue weighted by molar-refractivity contribution is 6.08. The first-order valence-corrected chi connectivity index (χ1v) is 5.20. The molecule has 0 aromatic heterocycles. The Bertz CT molecular complexity index is 440. The number of ketones is 1. The maximum absolute atomic E-state index is 11.6. The zero-order chi connectivity index (χ0) is 9.54. The number of Topliss-reactive ketones (excluding diaryl/α,β-unsaturated/α-hetero) is 1. The van der Waals surface area contributed by atoms with Crippen LogP contribution in [0.1, 0.15) is 30.4 Å². The van der Waals surface area contributed by atoms with Gasteiger partial charge in [-0.3, -0.25) is 4.79 Å². The average molecular weight is 184 g/mol. The summed E-state index contributed by atoms with van der Waals surface area (Å²) in [6, 6.07) is 8.49. The molecular formula is C13H12O. The normalized spacial score (nSPS) is 19.6. The summed E-state index contributed by atoms with van der Waals surface area (Å²) < 4.78 is 0. The average Bonchev–Trinajstić information content (AvgIpc) is 2.61. The number of fused-ring (bicyclic) bond motifs is 2. The number of aryl methyl sites for hydroxylation is 1. The van der Waals surface area contributed by atoms with E-state index in [1.165, 1.54) is 16.7 Å². The molecule has 1 heteroatoms. The minimum absolute atomic E-state index is 0.384. The number of carbonyl (C=O) groups is 1. The highest BCUT2D eigenvalue weighted by atomic mass is 16.1. The molecule has 2 aliphatic rings. The summed E-state index contributed by atoms with van der Waals surface area (Å²) in [4.78, 5) is 11.6. The smallest absolute Gasteiger partial charge is 0.159 e. The Morgan fingerprint density at radius 2 is 1.64 bits per heavy atom. The fourth-order valence-corrected chi connectivity index (χ4v) is 2.59. The van der Waals surface area contributed by atoms with Crippen LogP contribution in [0.25, 0.3) is 5.57 Å². The first-order chi connectivity index (χ1) is 6.86. The topological polar surface area (TPSA) is 17.1 Å². The molecule has 14 heavy (non-hydrogen) atoms. The number of hydrogen-bond donors (Lipinski definition) is 0. The van der Waals surface area contributed by atoms with Gasteiger partial charge in [-0.2, -0.15) is 0 Å². The van der Waals surface area contributed by atoms with Gasteiger partial charge in [0, 0.05) is 6.42 Å². The van der Waals surface area contributed by atoms with E-state index in [1.807, 2.05) is 0 Å². The second-order valence-electron chi connectivity index (χ2n) is 4.04. The van der Waals surface area contributed by atoms with Crippen molar-refractivity contribution >= 4 is 11.4 Å². The first kappa shape index (κ1) is 7.98.